The van der Waals surface area contributed by atoms with E-state index < -0.39 is 16.4 Å². The highest BCUT2D eigenvalue weighted by Crippen LogP contribution is 2.36. The molecular weight excluding hydrogens is 496 g/mol. The fourth-order valence-electron chi connectivity index (χ4n) is 5.77. The zero-order valence-electron chi connectivity index (χ0n) is 25.8. The molecule has 1 fully saturated rings. The summed E-state index contributed by atoms with van der Waals surface area (Å²) in [5.41, 5.74) is -2.32. The Kier molecular flexibility index (Phi) is 9.84. The molecule has 0 radical (unpaired) electrons. The van der Waals surface area contributed by atoms with Crippen LogP contribution in [0.4, 0.5) is 0 Å². The van der Waals surface area contributed by atoms with Crippen molar-refractivity contribution in [1.82, 2.24) is 20.0 Å². The summed E-state index contributed by atoms with van der Waals surface area (Å²) in [6.07, 6.45) is 4.24. The fourth-order valence-corrected chi connectivity index (χ4v) is 5.77. The molecule has 5 amide bonds. The maximum Gasteiger partial charge on any atom is 0.254 e. The summed E-state index contributed by atoms with van der Waals surface area (Å²) in [5, 5.41) is 3.03. The smallest absolute Gasteiger partial charge is 0.254 e. The lowest BCUT2D eigenvalue weighted by Crippen LogP contribution is -2.57. The van der Waals surface area contributed by atoms with Gasteiger partial charge in [0, 0.05) is 67.2 Å². The van der Waals surface area contributed by atoms with Gasteiger partial charge in [-0.3, -0.25) is 28.9 Å². The zero-order valence-corrected chi connectivity index (χ0v) is 25.8. The molecule has 0 aromatic carbocycles. The highest BCUT2D eigenvalue weighted by atomic mass is 16.2. The molecule has 39 heavy (non-hydrogen) atoms. The number of carbonyl (C=O) groups excluding carboxylic acids is 5. The molecule has 2 aliphatic heterocycles. The van der Waals surface area contributed by atoms with E-state index >= 15 is 0 Å². The van der Waals surface area contributed by atoms with Gasteiger partial charge in [-0.25, -0.2) is 0 Å². The number of imide groups is 1. The molecule has 0 spiro atoms. The van der Waals surface area contributed by atoms with Crippen molar-refractivity contribution < 1.29 is 24.0 Å². The second-order valence-electron chi connectivity index (χ2n) is 14.0. The second kappa shape index (κ2) is 11.8. The van der Waals surface area contributed by atoms with E-state index in [1.165, 1.54) is 17.1 Å². The Morgan fingerprint density at radius 3 is 1.69 bits per heavy atom. The third-order valence-electron chi connectivity index (χ3n) is 8.26. The van der Waals surface area contributed by atoms with Gasteiger partial charge in [0.1, 0.15) is 0 Å². The summed E-state index contributed by atoms with van der Waals surface area (Å²) in [6.45, 7) is 21.5. The number of nitrogens with one attached hydrogen (secondary N) is 1. The molecule has 220 valence electrons. The van der Waals surface area contributed by atoms with Crippen LogP contribution in [-0.2, 0) is 24.0 Å². The molecule has 0 saturated carbocycles. The van der Waals surface area contributed by atoms with E-state index in [1.54, 1.807) is 23.6 Å². The van der Waals surface area contributed by atoms with E-state index in [4.69, 9.17) is 0 Å². The van der Waals surface area contributed by atoms with Crippen LogP contribution in [0.2, 0.25) is 0 Å². The van der Waals surface area contributed by atoms with Crippen LogP contribution in [0, 0.1) is 22.2 Å². The van der Waals surface area contributed by atoms with Crippen LogP contribution in [0.1, 0.15) is 88.5 Å². The van der Waals surface area contributed by atoms with Crippen molar-refractivity contribution in [3.05, 3.63) is 12.2 Å². The largest absolute Gasteiger partial charge is 0.355 e. The van der Waals surface area contributed by atoms with Crippen LogP contribution in [0.25, 0.3) is 0 Å². The molecule has 0 aromatic heterocycles. The number of hydrogen-bond donors (Lipinski definition) is 1. The van der Waals surface area contributed by atoms with E-state index in [0.717, 1.165) is 6.42 Å². The fraction of sp³-hybridized carbons (Fsp3) is 0.767. The molecule has 1 N–H and O–H groups in total. The van der Waals surface area contributed by atoms with Gasteiger partial charge in [0.25, 0.3) is 11.8 Å². The normalized spacial score (nSPS) is 18.1. The number of rotatable bonds is 11. The molecule has 0 aromatic rings. The Balaban J connectivity index is 1.94. The third-order valence-corrected chi connectivity index (χ3v) is 8.26. The average Bonchev–Trinajstić information content (AvgIpc) is 3.19. The molecule has 2 heterocycles. The Labute approximate surface area is 234 Å². The monoisotopic (exact) mass is 546 g/mol. The van der Waals surface area contributed by atoms with Crippen molar-refractivity contribution in [3.63, 3.8) is 0 Å². The van der Waals surface area contributed by atoms with Crippen molar-refractivity contribution in [2.75, 3.05) is 32.7 Å². The van der Waals surface area contributed by atoms with Gasteiger partial charge in [-0.1, -0.05) is 55.4 Å². The van der Waals surface area contributed by atoms with Crippen LogP contribution in [0.3, 0.4) is 0 Å². The minimum Gasteiger partial charge on any atom is -0.355 e. The van der Waals surface area contributed by atoms with Crippen LogP contribution >= 0.6 is 0 Å². The van der Waals surface area contributed by atoms with E-state index in [2.05, 4.69) is 26.1 Å². The summed E-state index contributed by atoms with van der Waals surface area (Å²) in [6, 6.07) is 0. The lowest BCUT2D eigenvalue weighted by Gasteiger charge is -2.44. The summed E-state index contributed by atoms with van der Waals surface area (Å²) in [7, 11) is 0. The maximum atomic E-state index is 13.5. The third kappa shape index (κ3) is 7.92. The number of carbonyl (C=O) groups is 5. The molecule has 1 atom stereocenters. The van der Waals surface area contributed by atoms with Gasteiger partial charge in [0.15, 0.2) is 0 Å². The van der Waals surface area contributed by atoms with Crippen LogP contribution in [0.15, 0.2) is 12.2 Å². The van der Waals surface area contributed by atoms with Gasteiger partial charge >= 0.3 is 0 Å². The molecule has 1 saturated heterocycles. The molecular formula is C30H50N4O5. The first-order valence-corrected chi connectivity index (χ1v) is 14.2. The SMILES string of the molecule is CCC(C)(C)CNC(=O)C(C)CC(C)(C)C(=O)N1CCN(C(=O)C(C)(C)CC(C)(C)N2C(=O)C=CC2=O)CC1. The highest BCUT2D eigenvalue weighted by Gasteiger charge is 2.45. The van der Waals surface area contributed by atoms with E-state index in [-0.39, 0.29) is 40.9 Å². The quantitative estimate of drug-likeness (QED) is 0.400. The first-order valence-electron chi connectivity index (χ1n) is 14.2. The summed E-state index contributed by atoms with van der Waals surface area (Å²) < 4.78 is 0. The van der Waals surface area contributed by atoms with Gasteiger partial charge in [0.2, 0.25) is 17.7 Å². The van der Waals surface area contributed by atoms with E-state index in [1.807, 2.05) is 34.6 Å². The summed E-state index contributed by atoms with van der Waals surface area (Å²) >= 11 is 0. The van der Waals surface area contributed by atoms with Crippen molar-refractivity contribution in [2.45, 2.75) is 94.0 Å². The lowest BCUT2D eigenvalue weighted by atomic mass is 9.78. The van der Waals surface area contributed by atoms with Crippen molar-refractivity contribution in [3.8, 4) is 0 Å². The molecule has 1 unspecified atom stereocenters. The van der Waals surface area contributed by atoms with Crippen LogP contribution in [-0.4, -0.2) is 82.5 Å². The molecule has 0 aliphatic carbocycles. The molecule has 9 heteroatoms. The number of piperazine rings is 1. The standard InChI is InChI=1S/C30H50N4O5/c1-11-27(3,4)20-31-24(37)21(2)18-28(5,6)25(38)32-14-16-33(17-15-32)26(39)29(7,8)19-30(9,10)34-22(35)12-13-23(34)36/h12-13,21H,11,14-20H2,1-10H3,(H,31,37). The molecule has 9 nitrogen and oxygen atoms in total. The molecule has 2 aliphatic rings. The zero-order chi connectivity index (χ0) is 30.0. The minimum absolute atomic E-state index is 0.0120. The predicted molar refractivity (Wildman–Crippen MR) is 151 cm³/mol. The second-order valence-corrected chi connectivity index (χ2v) is 14.0. The predicted octanol–water partition coefficient (Wildman–Crippen LogP) is 3.38. The number of hydrogen-bond acceptors (Lipinski definition) is 5. The highest BCUT2D eigenvalue weighted by molar-refractivity contribution is 6.13. The van der Waals surface area contributed by atoms with Gasteiger partial charge in [-0.15, -0.1) is 0 Å². The molecule has 0 bridgehead atoms. The Hall–Kier alpha value is -2.71. The maximum absolute atomic E-state index is 13.5. The van der Waals surface area contributed by atoms with E-state index in [9.17, 15) is 24.0 Å². The Bertz CT molecular complexity index is 985. The van der Waals surface area contributed by atoms with Crippen LogP contribution in [0.5, 0.6) is 0 Å². The minimum atomic E-state index is -0.825. The first kappa shape index (κ1) is 32.5. The van der Waals surface area contributed by atoms with Crippen molar-refractivity contribution in [1.29, 1.82) is 0 Å². The summed E-state index contributed by atoms with van der Waals surface area (Å²) in [5.74, 6) is -1.13. The Morgan fingerprint density at radius 1 is 0.821 bits per heavy atom. The van der Waals surface area contributed by atoms with Gasteiger partial charge in [-0.05, 0) is 38.5 Å². The topological polar surface area (TPSA) is 107 Å². The van der Waals surface area contributed by atoms with Gasteiger partial charge < -0.3 is 15.1 Å². The first-order chi connectivity index (χ1) is 17.7. The van der Waals surface area contributed by atoms with Gasteiger partial charge in [-0.2, -0.15) is 0 Å². The lowest BCUT2D eigenvalue weighted by molar-refractivity contribution is -0.152. The van der Waals surface area contributed by atoms with Crippen molar-refractivity contribution in [2.24, 2.45) is 22.2 Å². The number of amides is 5. The van der Waals surface area contributed by atoms with Crippen molar-refractivity contribution >= 4 is 29.5 Å². The molecule has 2 rings (SSSR count). The van der Waals surface area contributed by atoms with Gasteiger partial charge in [0.05, 0.1) is 0 Å². The Morgan fingerprint density at radius 2 is 1.26 bits per heavy atom. The number of nitrogens with zero attached hydrogens (tertiary/aromatic N) is 3. The van der Waals surface area contributed by atoms with E-state index in [0.29, 0.717) is 45.6 Å². The average molecular weight is 547 g/mol. The summed E-state index contributed by atoms with van der Waals surface area (Å²) in [4.78, 5) is 68.8. The van der Waals surface area contributed by atoms with Crippen LogP contribution < -0.4 is 5.32 Å².